The van der Waals surface area contributed by atoms with Gasteiger partial charge < -0.3 is 11.1 Å². The molecule has 0 radical (unpaired) electrons. The fourth-order valence-corrected chi connectivity index (χ4v) is 4.76. The molecule has 0 fully saturated rings. The van der Waals surface area contributed by atoms with Crippen LogP contribution in [0.4, 0.5) is 10.7 Å². The number of benzene rings is 1. The number of carbonyl (C=O) groups excluding carboxylic acids is 2. The van der Waals surface area contributed by atoms with Crippen LogP contribution in [0.25, 0.3) is 0 Å². The number of rotatable bonds is 4. The van der Waals surface area contributed by atoms with Crippen LogP contribution in [0.3, 0.4) is 0 Å². The van der Waals surface area contributed by atoms with Gasteiger partial charge >= 0.3 is 0 Å². The molecule has 0 bridgehead atoms. The monoisotopic (exact) mass is 438 g/mol. The van der Waals surface area contributed by atoms with Gasteiger partial charge in [0.05, 0.1) is 10.5 Å². The molecule has 0 saturated carbocycles. The molecule has 8 nitrogen and oxygen atoms in total. The second-order valence-corrected chi connectivity index (χ2v) is 8.03. The third-order valence-electron chi connectivity index (χ3n) is 4.28. The number of primary amides is 1. The summed E-state index contributed by atoms with van der Waals surface area (Å²) in [7, 11) is 0. The molecule has 2 aromatic rings. The predicted molar refractivity (Wildman–Crippen MR) is 111 cm³/mol. The standard InChI is InChI=1S/C17H15ClN4O4S2/c18-10-6-5-8(7-11(10)22(25)26)15(24)20-17(27)21-16-13(14(19)23)9-3-1-2-4-12(9)28-16/h5-7H,1-4H2,(H2,19,23)(H2,20,21,24,27). The number of anilines is 1. The highest BCUT2D eigenvalue weighted by Gasteiger charge is 2.25. The molecule has 1 aliphatic carbocycles. The van der Waals surface area contributed by atoms with Crippen molar-refractivity contribution in [3.8, 4) is 0 Å². The number of nitro groups is 1. The first-order valence-electron chi connectivity index (χ1n) is 8.28. The van der Waals surface area contributed by atoms with Gasteiger partial charge in [-0.3, -0.25) is 25.0 Å². The number of carbonyl (C=O) groups is 2. The first-order valence-corrected chi connectivity index (χ1v) is 9.88. The predicted octanol–water partition coefficient (Wildman–Crippen LogP) is 3.41. The topological polar surface area (TPSA) is 127 Å². The molecule has 2 amide bonds. The number of halogens is 1. The summed E-state index contributed by atoms with van der Waals surface area (Å²) in [6.45, 7) is 0. The number of nitrogens with zero attached hydrogens (tertiary/aromatic N) is 1. The smallest absolute Gasteiger partial charge is 0.288 e. The molecule has 0 spiro atoms. The van der Waals surface area contributed by atoms with Crippen molar-refractivity contribution in [1.82, 2.24) is 5.32 Å². The van der Waals surface area contributed by atoms with E-state index in [1.54, 1.807) is 0 Å². The van der Waals surface area contributed by atoms with Gasteiger partial charge in [0.2, 0.25) is 0 Å². The van der Waals surface area contributed by atoms with E-state index in [0.29, 0.717) is 10.6 Å². The fraction of sp³-hybridized carbons (Fsp3) is 0.235. The molecular formula is C17H15ClN4O4S2. The Balaban J connectivity index is 1.77. The Morgan fingerprint density at radius 1 is 1.29 bits per heavy atom. The summed E-state index contributed by atoms with van der Waals surface area (Å²) >= 11 is 12.3. The summed E-state index contributed by atoms with van der Waals surface area (Å²) in [6, 6.07) is 3.69. The molecule has 0 atom stereocenters. The van der Waals surface area contributed by atoms with E-state index in [0.717, 1.165) is 42.2 Å². The van der Waals surface area contributed by atoms with Crippen LogP contribution in [0.1, 0.15) is 44.0 Å². The zero-order valence-corrected chi connectivity index (χ0v) is 16.8. The minimum atomic E-state index is -0.676. The van der Waals surface area contributed by atoms with Crippen LogP contribution >= 0.6 is 35.2 Å². The molecule has 0 unspecified atom stereocenters. The van der Waals surface area contributed by atoms with E-state index >= 15 is 0 Å². The molecule has 3 rings (SSSR count). The quantitative estimate of drug-likeness (QED) is 0.381. The van der Waals surface area contributed by atoms with Crippen molar-refractivity contribution in [2.75, 3.05) is 5.32 Å². The van der Waals surface area contributed by atoms with Crippen LogP contribution in [-0.4, -0.2) is 21.9 Å². The molecule has 1 aromatic heterocycles. The third-order valence-corrected chi connectivity index (χ3v) is 6.01. The zero-order valence-electron chi connectivity index (χ0n) is 14.4. The van der Waals surface area contributed by atoms with Crippen molar-refractivity contribution in [3.05, 3.63) is 54.9 Å². The first kappa shape index (κ1) is 20.2. The fourth-order valence-electron chi connectivity index (χ4n) is 3.02. The summed E-state index contributed by atoms with van der Waals surface area (Å²) in [5.74, 6) is -1.19. The maximum absolute atomic E-state index is 12.4. The Kier molecular flexibility index (Phi) is 5.92. The Bertz CT molecular complexity index is 1010. The van der Waals surface area contributed by atoms with Crippen molar-refractivity contribution < 1.29 is 14.5 Å². The zero-order chi connectivity index (χ0) is 20.4. The highest BCUT2D eigenvalue weighted by atomic mass is 35.5. The number of thiophene rings is 1. The molecule has 11 heteroatoms. The van der Waals surface area contributed by atoms with Crippen LogP contribution < -0.4 is 16.4 Å². The van der Waals surface area contributed by atoms with Crippen LogP contribution in [0.2, 0.25) is 5.02 Å². The van der Waals surface area contributed by atoms with Gasteiger partial charge in [0, 0.05) is 16.5 Å². The Hall–Kier alpha value is -2.56. The summed E-state index contributed by atoms with van der Waals surface area (Å²) < 4.78 is 0. The average molecular weight is 439 g/mol. The van der Waals surface area contributed by atoms with E-state index < -0.39 is 16.7 Å². The molecule has 28 heavy (non-hydrogen) atoms. The second kappa shape index (κ2) is 8.21. The van der Waals surface area contributed by atoms with Crippen molar-refractivity contribution in [3.63, 3.8) is 0 Å². The number of amides is 2. The minimum absolute atomic E-state index is 0.0286. The molecule has 0 aliphatic heterocycles. The highest BCUT2D eigenvalue weighted by Crippen LogP contribution is 2.37. The molecule has 1 aromatic carbocycles. The van der Waals surface area contributed by atoms with E-state index in [9.17, 15) is 19.7 Å². The molecule has 1 heterocycles. The van der Waals surface area contributed by atoms with Gasteiger partial charge in [0.1, 0.15) is 10.0 Å². The van der Waals surface area contributed by atoms with Gasteiger partial charge in [-0.1, -0.05) is 11.6 Å². The van der Waals surface area contributed by atoms with Gasteiger partial charge in [-0.25, -0.2) is 0 Å². The first-order chi connectivity index (χ1) is 13.3. The lowest BCUT2D eigenvalue weighted by Gasteiger charge is -2.11. The third kappa shape index (κ3) is 4.13. The number of aryl methyl sites for hydroxylation is 1. The minimum Gasteiger partial charge on any atom is -0.365 e. The Labute approximate surface area is 174 Å². The van der Waals surface area contributed by atoms with Crippen LogP contribution in [0, 0.1) is 10.1 Å². The molecule has 0 saturated heterocycles. The summed E-state index contributed by atoms with van der Waals surface area (Å²) in [5, 5.41) is 16.7. The molecule has 146 valence electrons. The van der Waals surface area contributed by atoms with Crippen LogP contribution in [0.5, 0.6) is 0 Å². The lowest BCUT2D eigenvalue weighted by Crippen LogP contribution is -2.34. The molecule has 1 aliphatic rings. The number of hydrogen-bond donors (Lipinski definition) is 3. The van der Waals surface area contributed by atoms with Crippen molar-refractivity contribution in [1.29, 1.82) is 0 Å². The second-order valence-electron chi connectivity index (χ2n) is 6.11. The van der Waals surface area contributed by atoms with Crippen molar-refractivity contribution in [2.45, 2.75) is 25.7 Å². The van der Waals surface area contributed by atoms with Gasteiger partial charge in [-0.05, 0) is 55.6 Å². The molecule has 4 N–H and O–H groups in total. The normalized spacial score (nSPS) is 12.8. The lowest BCUT2D eigenvalue weighted by atomic mass is 9.95. The van der Waals surface area contributed by atoms with Crippen LogP contribution in [0.15, 0.2) is 18.2 Å². The van der Waals surface area contributed by atoms with Crippen molar-refractivity contribution in [2.24, 2.45) is 5.73 Å². The van der Waals surface area contributed by atoms with E-state index in [2.05, 4.69) is 10.6 Å². The number of thiocarbonyl (C=S) groups is 1. The van der Waals surface area contributed by atoms with Gasteiger partial charge in [-0.2, -0.15) is 0 Å². The largest absolute Gasteiger partial charge is 0.365 e. The van der Waals surface area contributed by atoms with E-state index in [1.807, 2.05) is 0 Å². The SMILES string of the molecule is NC(=O)c1c(NC(=S)NC(=O)c2ccc(Cl)c([N+](=O)[O-])c2)sc2c1CCCC2. The van der Waals surface area contributed by atoms with Crippen LogP contribution in [-0.2, 0) is 12.8 Å². The Morgan fingerprint density at radius 2 is 2.00 bits per heavy atom. The number of fused-ring (bicyclic) bond motifs is 1. The van der Waals surface area contributed by atoms with Crippen molar-refractivity contribution >= 4 is 62.8 Å². The number of nitrogens with one attached hydrogen (secondary N) is 2. The molecular weight excluding hydrogens is 424 g/mol. The Morgan fingerprint density at radius 3 is 2.68 bits per heavy atom. The maximum atomic E-state index is 12.4. The van der Waals surface area contributed by atoms with Gasteiger partial charge in [0.15, 0.2) is 5.11 Å². The summed E-state index contributed by atoms with van der Waals surface area (Å²) in [4.78, 5) is 35.6. The number of nitro benzene ring substituents is 1. The van der Waals surface area contributed by atoms with E-state index in [-0.39, 0.29) is 21.4 Å². The van der Waals surface area contributed by atoms with E-state index in [4.69, 9.17) is 29.6 Å². The lowest BCUT2D eigenvalue weighted by molar-refractivity contribution is -0.384. The number of hydrogen-bond acceptors (Lipinski definition) is 6. The van der Waals surface area contributed by atoms with Gasteiger partial charge in [0.25, 0.3) is 17.5 Å². The summed E-state index contributed by atoms with van der Waals surface area (Å²) in [6.07, 6.45) is 3.68. The average Bonchev–Trinajstić information content (AvgIpc) is 2.99. The highest BCUT2D eigenvalue weighted by molar-refractivity contribution is 7.80. The van der Waals surface area contributed by atoms with Gasteiger partial charge in [-0.15, -0.1) is 11.3 Å². The number of nitrogens with two attached hydrogens (primary N) is 1. The maximum Gasteiger partial charge on any atom is 0.288 e. The van der Waals surface area contributed by atoms with E-state index in [1.165, 1.54) is 23.5 Å². The summed E-state index contributed by atoms with van der Waals surface area (Å²) in [5.41, 5.74) is 6.52.